The highest BCUT2D eigenvalue weighted by molar-refractivity contribution is 9.10. The van der Waals surface area contributed by atoms with Crippen molar-refractivity contribution in [1.29, 1.82) is 0 Å². The predicted octanol–water partition coefficient (Wildman–Crippen LogP) is 2.95. The van der Waals surface area contributed by atoms with Gasteiger partial charge >= 0.3 is 0 Å². The maximum atomic E-state index is 4.49. The molecule has 0 unspecified atom stereocenters. The van der Waals surface area contributed by atoms with Crippen molar-refractivity contribution in [3.05, 3.63) is 16.5 Å². The molecule has 2 rings (SSSR count). The molecule has 5 heteroatoms. The third kappa shape index (κ3) is 4.73. The van der Waals surface area contributed by atoms with E-state index in [0.717, 1.165) is 35.1 Å². The molecule has 0 aromatic carbocycles. The Labute approximate surface area is 124 Å². The first-order valence-electron chi connectivity index (χ1n) is 7.13. The van der Waals surface area contributed by atoms with Gasteiger partial charge in [-0.25, -0.2) is 9.97 Å². The molecule has 1 aromatic heterocycles. The zero-order valence-electron chi connectivity index (χ0n) is 11.8. The lowest BCUT2D eigenvalue weighted by Crippen LogP contribution is -2.30. The lowest BCUT2D eigenvalue weighted by atomic mass is 9.94. The molecular weight excluding hydrogens is 304 g/mol. The number of rotatable bonds is 5. The summed E-state index contributed by atoms with van der Waals surface area (Å²) in [5, 5.41) is 3.42. The molecule has 0 saturated carbocycles. The SMILES string of the molecule is CCc1nc(Br)cc(NCCC2CCN(C)CC2)n1. The number of halogens is 1. The highest BCUT2D eigenvalue weighted by atomic mass is 79.9. The van der Waals surface area contributed by atoms with Crippen LogP contribution in [0.15, 0.2) is 10.7 Å². The quantitative estimate of drug-likeness (QED) is 0.844. The zero-order chi connectivity index (χ0) is 13.7. The van der Waals surface area contributed by atoms with E-state index in [-0.39, 0.29) is 0 Å². The first-order chi connectivity index (χ1) is 9.17. The standard InChI is InChI=1S/C14H23BrN4/c1-3-13-17-12(15)10-14(18-13)16-7-4-11-5-8-19(2)9-6-11/h10-11H,3-9H2,1-2H3,(H,16,17,18). The Morgan fingerprint density at radius 1 is 1.37 bits per heavy atom. The van der Waals surface area contributed by atoms with E-state index in [1.54, 1.807) is 0 Å². The normalized spacial score (nSPS) is 17.6. The predicted molar refractivity (Wildman–Crippen MR) is 82.4 cm³/mol. The molecule has 1 aromatic rings. The monoisotopic (exact) mass is 326 g/mol. The van der Waals surface area contributed by atoms with Crippen molar-refractivity contribution in [1.82, 2.24) is 14.9 Å². The van der Waals surface area contributed by atoms with Crippen molar-refractivity contribution in [2.45, 2.75) is 32.6 Å². The van der Waals surface area contributed by atoms with Gasteiger partial charge < -0.3 is 10.2 Å². The van der Waals surface area contributed by atoms with Crippen LogP contribution in [0, 0.1) is 5.92 Å². The van der Waals surface area contributed by atoms with Crippen molar-refractivity contribution in [2.75, 3.05) is 32.0 Å². The molecule has 1 aliphatic heterocycles. The smallest absolute Gasteiger partial charge is 0.131 e. The third-order valence-electron chi connectivity index (χ3n) is 3.75. The van der Waals surface area contributed by atoms with E-state index in [2.05, 4.69) is 50.1 Å². The van der Waals surface area contributed by atoms with Crippen LogP contribution in [0.4, 0.5) is 5.82 Å². The maximum Gasteiger partial charge on any atom is 0.131 e. The summed E-state index contributed by atoms with van der Waals surface area (Å²) < 4.78 is 0.862. The minimum atomic E-state index is 0.861. The van der Waals surface area contributed by atoms with Crippen LogP contribution in [-0.2, 0) is 6.42 Å². The fourth-order valence-corrected chi connectivity index (χ4v) is 2.89. The van der Waals surface area contributed by atoms with Gasteiger partial charge in [0.15, 0.2) is 0 Å². The molecule has 1 saturated heterocycles. The van der Waals surface area contributed by atoms with Gasteiger partial charge in [0.05, 0.1) is 0 Å². The summed E-state index contributed by atoms with van der Waals surface area (Å²) in [6.07, 6.45) is 4.75. The number of nitrogens with zero attached hydrogens (tertiary/aromatic N) is 3. The van der Waals surface area contributed by atoms with E-state index in [1.807, 2.05) is 6.07 Å². The lowest BCUT2D eigenvalue weighted by Gasteiger charge is -2.28. The lowest BCUT2D eigenvalue weighted by molar-refractivity contribution is 0.215. The van der Waals surface area contributed by atoms with E-state index in [4.69, 9.17) is 0 Å². The van der Waals surface area contributed by atoms with Crippen molar-refractivity contribution >= 4 is 21.7 Å². The number of hydrogen-bond acceptors (Lipinski definition) is 4. The Hall–Kier alpha value is -0.680. The summed E-state index contributed by atoms with van der Waals surface area (Å²) in [6.45, 7) is 5.55. The molecule has 2 heterocycles. The molecule has 1 N–H and O–H groups in total. The van der Waals surface area contributed by atoms with Gasteiger partial charge in [0, 0.05) is 19.0 Å². The largest absolute Gasteiger partial charge is 0.370 e. The van der Waals surface area contributed by atoms with Crippen molar-refractivity contribution in [3.63, 3.8) is 0 Å². The molecule has 1 fully saturated rings. The molecule has 0 atom stereocenters. The summed E-state index contributed by atoms with van der Waals surface area (Å²) in [6, 6.07) is 1.95. The van der Waals surface area contributed by atoms with Crippen LogP contribution in [0.5, 0.6) is 0 Å². The number of aryl methyl sites for hydroxylation is 1. The molecule has 0 aliphatic carbocycles. The Morgan fingerprint density at radius 2 is 2.11 bits per heavy atom. The average Bonchev–Trinajstić information content (AvgIpc) is 2.40. The molecule has 0 radical (unpaired) electrons. The molecule has 1 aliphatic rings. The number of aromatic nitrogens is 2. The van der Waals surface area contributed by atoms with Crippen LogP contribution < -0.4 is 5.32 Å². The summed E-state index contributed by atoms with van der Waals surface area (Å²) in [5.74, 6) is 2.68. The van der Waals surface area contributed by atoms with Crippen LogP contribution in [0.25, 0.3) is 0 Å². The molecule has 0 spiro atoms. The van der Waals surface area contributed by atoms with Crippen LogP contribution >= 0.6 is 15.9 Å². The Balaban J connectivity index is 1.77. The van der Waals surface area contributed by atoms with Gasteiger partial charge in [-0.2, -0.15) is 0 Å². The van der Waals surface area contributed by atoms with Gasteiger partial charge in [0.2, 0.25) is 0 Å². The molecule has 106 valence electrons. The van der Waals surface area contributed by atoms with E-state index in [1.165, 1.54) is 32.4 Å². The number of anilines is 1. The number of hydrogen-bond donors (Lipinski definition) is 1. The van der Waals surface area contributed by atoms with Crippen molar-refractivity contribution in [3.8, 4) is 0 Å². The first kappa shape index (κ1) is 14.7. The molecular formula is C14H23BrN4. The van der Waals surface area contributed by atoms with E-state index in [0.29, 0.717) is 0 Å². The van der Waals surface area contributed by atoms with Gasteiger partial charge in [-0.1, -0.05) is 6.92 Å². The second-order valence-electron chi connectivity index (χ2n) is 5.31. The Morgan fingerprint density at radius 3 is 2.79 bits per heavy atom. The topological polar surface area (TPSA) is 41.1 Å². The van der Waals surface area contributed by atoms with E-state index in [9.17, 15) is 0 Å². The Kier molecular flexibility index (Phi) is 5.58. The minimum absolute atomic E-state index is 0.861. The molecule has 4 nitrogen and oxygen atoms in total. The highest BCUT2D eigenvalue weighted by Crippen LogP contribution is 2.20. The van der Waals surface area contributed by atoms with Gasteiger partial charge in [0.1, 0.15) is 16.2 Å². The summed E-state index contributed by atoms with van der Waals surface area (Å²) in [7, 11) is 2.21. The van der Waals surface area contributed by atoms with Gasteiger partial charge in [-0.15, -0.1) is 0 Å². The van der Waals surface area contributed by atoms with Crippen molar-refractivity contribution < 1.29 is 0 Å². The number of nitrogens with one attached hydrogen (secondary N) is 1. The first-order valence-corrected chi connectivity index (χ1v) is 7.92. The molecule has 0 bridgehead atoms. The summed E-state index contributed by atoms with van der Waals surface area (Å²) in [5.41, 5.74) is 0. The summed E-state index contributed by atoms with van der Waals surface area (Å²) in [4.78, 5) is 11.2. The van der Waals surface area contributed by atoms with Gasteiger partial charge in [-0.3, -0.25) is 0 Å². The zero-order valence-corrected chi connectivity index (χ0v) is 13.4. The number of piperidine rings is 1. The Bertz CT molecular complexity index is 402. The third-order valence-corrected chi connectivity index (χ3v) is 4.16. The van der Waals surface area contributed by atoms with E-state index >= 15 is 0 Å². The van der Waals surface area contributed by atoms with Crippen molar-refractivity contribution in [2.24, 2.45) is 5.92 Å². The van der Waals surface area contributed by atoms with Crippen LogP contribution in [0.1, 0.15) is 32.0 Å². The van der Waals surface area contributed by atoms with Gasteiger partial charge in [-0.05, 0) is 61.2 Å². The second-order valence-corrected chi connectivity index (χ2v) is 6.12. The van der Waals surface area contributed by atoms with Gasteiger partial charge in [0.25, 0.3) is 0 Å². The van der Waals surface area contributed by atoms with E-state index < -0.39 is 0 Å². The second kappa shape index (κ2) is 7.20. The molecule has 19 heavy (non-hydrogen) atoms. The summed E-state index contributed by atoms with van der Waals surface area (Å²) >= 11 is 3.43. The fraction of sp³-hybridized carbons (Fsp3) is 0.714. The van der Waals surface area contributed by atoms with Crippen LogP contribution in [0.2, 0.25) is 0 Å². The average molecular weight is 327 g/mol. The maximum absolute atomic E-state index is 4.49. The number of likely N-dealkylation sites (tertiary alicyclic amines) is 1. The van der Waals surface area contributed by atoms with Crippen LogP contribution in [-0.4, -0.2) is 41.5 Å². The minimum Gasteiger partial charge on any atom is -0.370 e. The van der Waals surface area contributed by atoms with Crippen LogP contribution in [0.3, 0.4) is 0 Å². The highest BCUT2D eigenvalue weighted by Gasteiger charge is 2.16. The fourth-order valence-electron chi connectivity index (χ4n) is 2.47. The molecule has 0 amide bonds.